The zero-order valence-electron chi connectivity index (χ0n) is 15.3. The van der Waals surface area contributed by atoms with Gasteiger partial charge in [-0.2, -0.15) is 0 Å². The third kappa shape index (κ3) is 5.09. The minimum absolute atomic E-state index is 0.0669. The van der Waals surface area contributed by atoms with Gasteiger partial charge >= 0.3 is 5.97 Å². The summed E-state index contributed by atoms with van der Waals surface area (Å²) in [5.41, 5.74) is 1.43. The van der Waals surface area contributed by atoms with E-state index in [0.29, 0.717) is 12.8 Å². The van der Waals surface area contributed by atoms with Gasteiger partial charge in [0.15, 0.2) is 16.4 Å². The second kappa shape index (κ2) is 7.72. The highest BCUT2D eigenvalue weighted by molar-refractivity contribution is 7.91. The molecule has 27 heavy (non-hydrogen) atoms. The highest BCUT2D eigenvalue weighted by Gasteiger charge is 2.39. The Bertz CT molecular complexity index is 950. The van der Waals surface area contributed by atoms with E-state index in [9.17, 15) is 18.0 Å². The lowest BCUT2D eigenvalue weighted by molar-refractivity contribution is -0.149. The number of aromatic amines is 1. The van der Waals surface area contributed by atoms with Crippen molar-refractivity contribution in [3.05, 3.63) is 36.0 Å². The van der Waals surface area contributed by atoms with Crippen molar-refractivity contribution in [2.24, 2.45) is 0 Å². The van der Waals surface area contributed by atoms with E-state index >= 15 is 0 Å². The lowest BCUT2D eigenvalue weighted by Crippen LogP contribution is -2.48. The fourth-order valence-electron chi connectivity index (χ4n) is 3.46. The molecule has 2 aromatic rings. The van der Waals surface area contributed by atoms with E-state index in [1.165, 1.54) is 0 Å². The highest BCUT2D eigenvalue weighted by Crippen LogP contribution is 2.22. The Morgan fingerprint density at radius 1 is 1.30 bits per heavy atom. The average molecular weight is 392 g/mol. The van der Waals surface area contributed by atoms with Crippen molar-refractivity contribution in [2.75, 3.05) is 18.1 Å². The first kappa shape index (κ1) is 19.4. The van der Waals surface area contributed by atoms with Crippen molar-refractivity contribution in [3.63, 3.8) is 0 Å². The van der Waals surface area contributed by atoms with Crippen LogP contribution in [0.5, 0.6) is 0 Å². The van der Waals surface area contributed by atoms with Gasteiger partial charge < -0.3 is 15.0 Å². The molecule has 8 heteroatoms. The number of benzene rings is 1. The van der Waals surface area contributed by atoms with Gasteiger partial charge in [0.25, 0.3) is 5.91 Å². The van der Waals surface area contributed by atoms with E-state index in [4.69, 9.17) is 4.74 Å². The molecule has 1 amide bonds. The predicted octanol–water partition coefficient (Wildman–Crippen LogP) is 1.73. The first-order chi connectivity index (χ1) is 12.8. The SMILES string of the molecule is C[C@@]1(NC(=O)COC(=O)CCCc2c[nH]c3ccccc23)CCS(=O)(=O)C1. The van der Waals surface area contributed by atoms with E-state index in [-0.39, 0.29) is 24.5 Å². The van der Waals surface area contributed by atoms with Crippen LogP contribution in [0.2, 0.25) is 0 Å². The van der Waals surface area contributed by atoms with Crippen LogP contribution in [-0.4, -0.2) is 48.9 Å². The molecule has 0 unspecified atom stereocenters. The number of aryl methyl sites for hydroxylation is 1. The second-order valence-corrected chi connectivity index (χ2v) is 9.51. The number of carbonyl (C=O) groups is 2. The quantitative estimate of drug-likeness (QED) is 0.698. The third-order valence-electron chi connectivity index (χ3n) is 4.81. The van der Waals surface area contributed by atoms with Gasteiger partial charge in [-0.25, -0.2) is 8.42 Å². The Morgan fingerprint density at radius 3 is 2.81 bits per heavy atom. The van der Waals surface area contributed by atoms with Crippen LogP contribution in [0.3, 0.4) is 0 Å². The van der Waals surface area contributed by atoms with Gasteiger partial charge in [-0.1, -0.05) is 18.2 Å². The molecule has 1 fully saturated rings. The van der Waals surface area contributed by atoms with Gasteiger partial charge in [-0.3, -0.25) is 9.59 Å². The Hall–Kier alpha value is -2.35. The first-order valence-corrected chi connectivity index (χ1v) is 10.8. The Kier molecular flexibility index (Phi) is 5.55. The van der Waals surface area contributed by atoms with Crippen LogP contribution in [0.15, 0.2) is 30.5 Å². The summed E-state index contributed by atoms with van der Waals surface area (Å²) in [7, 11) is -3.11. The molecule has 2 N–H and O–H groups in total. The number of carbonyl (C=O) groups excluding carboxylic acids is 2. The van der Waals surface area contributed by atoms with Crippen molar-refractivity contribution in [1.29, 1.82) is 0 Å². The summed E-state index contributed by atoms with van der Waals surface area (Å²) in [6.07, 6.45) is 3.90. The number of ether oxygens (including phenoxy) is 1. The van der Waals surface area contributed by atoms with Crippen molar-refractivity contribution in [1.82, 2.24) is 10.3 Å². The van der Waals surface area contributed by atoms with E-state index in [1.807, 2.05) is 30.5 Å². The zero-order valence-corrected chi connectivity index (χ0v) is 16.1. The monoisotopic (exact) mass is 392 g/mol. The van der Waals surface area contributed by atoms with Crippen LogP contribution < -0.4 is 5.32 Å². The minimum Gasteiger partial charge on any atom is -0.456 e. The van der Waals surface area contributed by atoms with Gasteiger partial charge in [0.05, 0.1) is 17.0 Å². The normalized spacial score (nSPS) is 21.2. The summed E-state index contributed by atoms with van der Waals surface area (Å²) in [6.45, 7) is 1.31. The summed E-state index contributed by atoms with van der Waals surface area (Å²) >= 11 is 0. The molecular formula is C19H24N2O5S. The molecule has 2 heterocycles. The molecule has 0 spiro atoms. The molecule has 146 valence electrons. The number of hydrogen-bond donors (Lipinski definition) is 2. The van der Waals surface area contributed by atoms with Crippen LogP contribution in [-0.2, 0) is 30.6 Å². The average Bonchev–Trinajstić information content (AvgIpc) is 3.13. The summed E-state index contributed by atoms with van der Waals surface area (Å²) in [5.74, 6) is -0.921. The number of fused-ring (bicyclic) bond motifs is 1. The predicted molar refractivity (Wildman–Crippen MR) is 102 cm³/mol. The van der Waals surface area contributed by atoms with E-state index in [2.05, 4.69) is 10.3 Å². The molecule has 1 aliphatic rings. The van der Waals surface area contributed by atoms with E-state index < -0.39 is 27.3 Å². The third-order valence-corrected chi connectivity index (χ3v) is 6.71. The molecule has 1 aliphatic heterocycles. The Morgan fingerprint density at radius 2 is 2.07 bits per heavy atom. The number of para-hydroxylation sites is 1. The number of rotatable bonds is 7. The summed E-state index contributed by atoms with van der Waals surface area (Å²) in [4.78, 5) is 27.0. The number of nitrogens with one attached hydrogen (secondary N) is 2. The fourth-order valence-corrected chi connectivity index (χ4v) is 5.55. The van der Waals surface area contributed by atoms with Crippen molar-refractivity contribution < 1.29 is 22.7 Å². The van der Waals surface area contributed by atoms with Crippen LogP contribution >= 0.6 is 0 Å². The number of H-pyrrole nitrogens is 1. The van der Waals surface area contributed by atoms with Gasteiger partial charge in [0, 0.05) is 23.5 Å². The van der Waals surface area contributed by atoms with Gasteiger partial charge in [0.2, 0.25) is 0 Å². The van der Waals surface area contributed by atoms with E-state index in [1.54, 1.807) is 6.92 Å². The standard InChI is InChI=1S/C19H24N2O5S/c1-19(9-10-27(24,25)13-19)21-17(22)12-26-18(23)8-4-5-14-11-20-16-7-3-2-6-15(14)16/h2-3,6-7,11,20H,4-5,8-10,12-13H2,1H3,(H,21,22)/t19-/m1/s1. The lowest BCUT2D eigenvalue weighted by Gasteiger charge is -2.23. The topological polar surface area (TPSA) is 105 Å². The molecule has 3 rings (SSSR count). The molecule has 1 aromatic heterocycles. The van der Waals surface area contributed by atoms with Gasteiger partial charge in [0.1, 0.15) is 0 Å². The van der Waals surface area contributed by atoms with Gasteiger partial charge in [-0.15, -0.1) is 0 Å². The van der Waals surface area contributed by atoms with Crippen LogP contribution in [0.4, 0.5) is 0 Å². The molecule has 0 aliphatic carbocycles. The number of aromatic nitrogens is 1. The second-order valence-electron chi connectivity index (χ2n) is 7.32. The number of hydrogen-bond acceptors (Lipinski definition) is 5. The molecule has 7 nitrogen and oxygen atoms in total. The maximum atomic E-state index is 11.9. The molecular weight excluding hydrogens is 368 g/mol. The van der Waals surface area contributed by atoms with Crippen LogP contribution in [0.1, 0.15) is 31.7 Å². The van der Waals surface area contributed by atoms with Crippen LogP contribution in [0.25, 0.3) is 10.9 Å². The number of amides is 1. The maximum absolute atomic E-state index is 11.9. The molecule has 1 atom stereocenters. The first-order valence-electron chi connectivity index (χ1n) is 8.98. The smallest absolute Gasteiger partial charge is 0.306 e. The number of esters is 1. The maximum Gasteiger partial charge on any atom is 0.306 e. The Labute approximate surface area is 158 Å². The molecule has 1 saturated heterocycles. The zero-order chi connectivity index (χ0) is 19.5. The van der Waals surface area contributed by atoms with Crippen molar-refractivity contribution in [2.45, 2.75) is 38.1 Å². The summed E-state index contributed by atoms with van der Waals surface area (Å²) in [6, 6.07) is 7.98. The highest BCUT2D eigenvalue weighted by atomic mass is 32.2. The lowest BCUT2D eigenvalue weighted by atomic mass is 10.0. The van der Waals surface area contributed by atoms with Gasteiger partial charge in [-0.05, 0) is 37.8 Å². The Balaban J connectivity index is 1.39. The molecule has 0 saturated carbocycles. The number of sulfone groups is 1. The minimum atomic E-state index is -3.11. The van der Waals surface area contributed by atoms with Crippen molar-refractivity contribution >= 4 is 32.6 Å². The largest absolute Gasteiger partial charge is 0.456 e. The summed E-state index contributed by atoms with van der Waals surface area (Å²) < 4.78 is 28.1. The summed E-state index contributed by atoms with van der Waals surface area (Å²) in [5, 5.41) is 3.81. The molecule has 0 radical (unpaired) electrons. The van der Waals surface area contributed by atoms with Crippen LogP contribution in [0, 0.1) is 0 Å². The molecule has 0 bridgehead atoms. The fraction of sp³-hybridized carbons (Fsp3) is 0.474. The molecule has 1 aromatic carbocycles. The van der Waals surface area contributed by atoms with E-state index in [0.717, 1.165) is 22.9 Å². The van der Waals surface area contributed by atoms with Crippen molar-refractivity contribution in [3.8, 4) is 0 Å².